The van der Waals surface area contributed by atoms with E-state index in [0.29, 0.717) is 12.2 Å². The number of phenolic OH excluding ortho intramolecular Hbond substituents is 1. The van der Waals surface area contributed by atoms with Crippen LogP contribution in [-0.4, -0.2) is 115 Å². The zero-order valence-corrected chi connectivity index (χ0v) is 20.2. The number of phenols is 1. The Kier molecular flexibility index (Phi) is 6.35. The van der Waals surface area contributed by atoms with E-state index in [9.17, 15) is 40.2 Å². The van der Waals surface area contributed by atoms with Crippen LogP contribution in [-0.2, 0) is 21.4 Å². The fourth-order valence-corrected chi connectivity index (χ4v) is 6.73. The Morgan fingerprint density at radius 1 is 1.22 bits per heavy atom. The summed E-state index contributed by atoms with van der Waals surface area (Å²) < 4.78 is 6.21. The van der Waals surface area contributed by atoms with Crippen molar-refractivity contribution in [3.63, 3.8) is 0 Å². The third-order valence-corrected chi connectivity index (χ3v) is 8.55. The number of hydrogen-bond acceptors (Lipinski definition) is 11. The highest BCUT2D eigenvalue weighted by molar-refractivity contribution is 5.98. The molecule has 0 radical (unpaired) electrons. The molecule has 8 N–H and O–H groups in total. The molecule has 2 aliphatic heterocycles. The van der Waals surface area contributed by atoms with Gasteiger partial charge in [-0.05, 0) is 38.1 Å². The number of ether oxygens (including phenoxy) is 1. The number of aliphatic hydroxyl groups is 6. The summed E-state index contributed by atoms with van der Waals surface area (Å²) in [6, 6.07) is 3.56. The fraction of sp³-hybridized carbons (Fsp3) is 0.600. The van der Waals surface area contributed by atoms with E-state index in [-0.39, 0.29) is 17.7 Å². The van der Waals surface area contributed by atoms with Gasteiger partial charge in [0.15, 0.2) is 17.6 Å². The largest absolute Gasteiger partial charge is 0.504 e. The number of carbonyl (C=O) groups excluding carboxylic acids is 2. The van der Waals surface area contributed by atoms with Crippen LogP contribution in [0.1, 0.15) is 24.0 Å². The monoisotopic (exact) mass is 520 g/mol. The highest BCUT2D eigenvalue weighted by Gasteiger charge is 2.68. The molecule has 4 aliphatic rings. The lowest BCUT2D eigenvalue weighted by atomic mass is 9.51. The minimum Gasteiger partial charge on any atom is -0.504 e. The van der Waals surface area contributed by atoms with E-state index in [1.54, 1.807) is 6.07 Å². The second-order valence-electron chi connectivity index (χ2n) is 10.6. The van der Waals surface area contributed by atoms with Gasteiger partial charge >= 0.3 is 0 Å². The maximum Gasteiger partial charge on any atom is 0.258 e. The second kappa shape index (κ2) is 9.02. The van der Waals surface area contributed by atoms with Crippen LogP contribution in [0.15, 0.2) is 24.3 Å². The number of piperidine rings is 1. The molecule has 1 saturated heterocycles. The maximum atomic E-state index is 12.8. The van der Waals surface area contributed by atoms with Gasteiger partial charge < -0.3 is 45.4 Å². The Hall–Kier alpha value is -2.58. The average Bonchev–Trinajstić information content (AvgIpc) is 3.23. The van der Waals surface area contributed by atoms with Crippen LogP contribution in [0, 0.1) is 5.92 Å². The lowest BCUT2D eigenvalue weighted by Crippen LogP contribution is -2.68. The molecule has 0 saturated carbocycles. The molecule has 0 aromatic heterocycles. The first-order valence-electron chi connectivity index (χ1n) is 12.3. The number of amides is 2. The molecule has 1 spiro atoms. The molecule has 5 rings (SSSR count). The SMILES string of the molecule is CN1CC[C@]23c4c5ccc(O)c4O[C@H]2[C@@](O)(CC(=O)NC(=O)[C@H](O)[C@@H](O)[C@H](O)[C@H](O)CO)C=C[C@H]3[C@H]1C5. The number of imide groups is 1. The molecule has 0 unspecified atom stereocenters. The van der Waals surface area contributed by atoms with Crippen LogP contribution < -0.4 is 10.1 Å². The summed E-state index contributed by atoms with van der Waals surface area (Å²) in [7, 11) is 2.04. The number of rotatable bonds is 7. The summed E-state index contributed by atoms with van der Waals surface area (Å²) in [6.07, 6.45) is -5.14. The van der Waals surface area contributed by atoms with Crippen molar-refractivity contribution in [2.24, 2.45) is 5.92 Å². The molecule has 1 fully saturated rings. The first-order chi connectivity index (χ1) is 17.4. The van der Waals surface area contributed by atoms with Crippen LogP contribution in [0.2, 0.25) is 0 Å². The molecule has 37 heavy (non-hydrogen) atoms. The predicted octanol–water partition coefficient (Wildman–Crippen LogP) is -2.96. The summed E-state index contributed by atoms with van der Waals surface area (Å²) in [4.78, 5) is 27.5. The van der Waals surface area contributed by atoms with Crippen molar-refractivity contribution in [2.45, 2.75) is 66.8 Å². The van der Waals surface area contributed by atoms with Gasteiger partial charge in [-0.2, -0.15) is 0 Å². The van der Waals surface area contributed by atoms with Crippen LogP contribution >= 0.6 is 0 Å². The molecule has 12 heteroatoms. The predicted molar refractivity (Wildman–Crippen MR) is 125 cm³/mol. The van der Waals surface area contributed by atoms with Crippen molar-refractivity contribution in [2.75, 3.05) is 20.2 Å². The van der Waals surface area contributed by atoms with Gasteiger partial charge in [-0.25, -0.2) is 0 Å². The normalized spacial score (nSPS) is 34.6. The third kappa shape index (κ3) is 3.78. The summed E-state index contributed by atoms with van der Waals surface area (Å²) in [6.45, 7) is -0.207. The molecule has 1 aromatic rings. The number of nitrogens with zero attached hydrogens (tertiary/aromatic N) is 1. The van der Waals surface area contributed by atoms with E-state index in [4.69, 9.17) is 9.84 Å². The number of aromatic hydroxyl groups is 1. The van der Waals surface area contributed by atoms with Gasteiger partial charge in [0.2, 0.25) is 5.91 Å². The van der Waals surface area contributed by atoms with Crippen molar-refractivity contribution in [3.8, 4) is 11.5 Å². The highest BCUT2D eigenvalue weighted by Crippen LogP contribution is 2.64. The molecular weight excluding hydrogens is 488 g/mol. The lowest BCUT2D eigenvalue weighted by molar-refractivity contribution is -0.153. The molecule has 2 heterocycles. The van der Waals surface area contributed by atoms with Crippen molar-refractivity contribution in [3.05, 3.63) is 35.4 Å². The topological polar surface area (TPSA) is 200 Å². The number of carbonyl (C=O) groups is 2. The Morgan fingerprint density at radius 2 is 1.95 bits per heavy atom. The molecule has 2 amide bonds. The van der Waals surface area contributed by atoms with E-state index in [0.717, 1.165) is 24.1 Å². The minimum absolute atomic E-state index is 0.0341. The van der Waals surface area contributed by atoms with Crippen molar-refractivity contribution in [1.82, 2.24) is 10.2 Å². The quantitative estimate of drug-likeness (QED) is 0.171. The second-order valence-corrected chi connectivity index (χ2v) is 10.6. The summed E-state index contributed by atoms with van der Waals surface area (Å²) in [5.74, 6) is -2.12. The summed E-state index contributed by atoms with van der Waals surface area (Å²) in [5.41, 5.74) is -0.688. The zero-order valence-electron chi connectivity index (χ0n) is 20.2. The Balaban J connectivity index is 1.39. The highest BCUT2D eigenvalue weighted by atomic mass is 16.5. The number of likely N-dealkylation sites (N-methyl/N-ethyl adjacent to an activating group) is 1. The molecule has 12 nitrogen and oxygen atoms in total. The number of likely N-dealkylation sites (tertiary alicyclic amines) is 1. The Morgan fingerprint density at radius 3 is 2.65 bits per heavy atom. The number of aliphatic hydroxyl groups excluding tert-OH is 5. The van der Waals surface area contributed by atoms with Gasteiger partial charge in [-0.3, -0.25) is 14.9 Å². The van der Waals surface area contributed by atoms with E-state index in [2.05, 4.69) is 4.90 Å². The van der Waals surface area contributed by atoms with Gasteiger partial charge in [0.05, 0.1) is 13.0 Å². The smallest absolute Gasteiger partial charge is 0.258 e. The Labute approximate surface area is 212 Å². The van der Waals surface area contributed by atoms with Gasteiger partial charge in [-0.1, -0.05) is 18.2 Å². The summed E-state index contributed by atoms with van der Waals surface area (Å²) in [5, 5.41) is 72.2. The van der Waals surface area contributed by atoms with Crippen LogP contribution in [0.4, 0.5) is 0 Å². The molecule has 2 aliphatic carbocycles. The van der Waals surface area contributed by atoms with Crippen LogP contribution in [0.25, 0.3) is 0 Å². The van der Waals surface area contributed by atoms with Crippen molar-refractivity contribution in [1.29, 1.82) is 0 Å². The van der Waals surface area contributed by atoms with Gasteiger partial charge in [0.1, 0.15) is 30.0 Å². The third-order valence-electron chi connectivity index (χ3n) is 8.55. The van der Waals surface area contributed by atoms with Crippen LogP contribution in [0.5, 0.6) is 11.5 Å². The first-order valence-corrected chi connectivity index (χ1v) is 12.3. The van der Waals surface area contributed by atoms with E-state index in [1.165, 1.54) is 6.08 Å². The zero-order chi connectivity index (χ0) is 26.9. The molecule has 202 valence electrons. The number of benzene rings is 1. The van der Waals surface area contributed by atoms with E-state index >= 15 is 0 Å². The van der Waals surface area contributed by atoms with Crippen molar-refractivity contribution < 1.29 is 50.1 Å². The molecule has 9 atom stereocenters. The molecular formula is C25H32N2O10. The first kappa shape index (κ1) is 26.0. The van der Waals surface area contributed by atoms with Gasteiger partial charge in [0.25, 0.3) is 5.91 Å². The Bertz CT molecular complexity index is 1140. The molecule has 2 bridgehead atoms. The average molecular weight is 521 g/mol. The van der Waals surface area contributed by atoms with Gasteiger partial charge in [0, 0.05) is 22.9 Å². The minimum atomic E-state index is -2.29. The lowest BCUT2D eigenvalue weighted by Gasteiger charge is -2.58. The van der Waals surface area contributed by atoms with Crippen LogP contribution in [0.3, 0.4) is 0 Å². The fourth-order valence-electron chi connectivity index (χ4n) is 6.73. The van der Waals surface area contributed by atoms with Gasteiger partial charge in [-0.15, -0.1) is 0 Å². The maximum absolute atomic E-state index is 12.8. The van der Waals surface area contributed by atoms with E-state index in [1.807, 2.05) is 24.5 Å². The van der Waals surface area contributed by atoms with E-state index < -0.39 is 66.4 Å². The standard InChI is InChI=1S/C25H32N2O10/c1-27-7-6-25-12-4-5-24(36,9-16(31)26-22(35)20(34)19(33)18(32)15(30)10-28)23(25)37-21-14(29)3-2-11(17(21)25)8-13(12)27/h2-5,12-13,15,18-20,23,28-30,32-34,36H,6-10H2,1H3,(H,26,31,35)/t12-,13+,15+,18+,19-,20+,23-,24-,25-/m0/s1. The molecule has 1 aromatic carbocycles. The summed E-state index contributed by atoms with van der Waals surface area (Å²) >= 11 is 0. The number of nitrogens with one attached hydrogen (secondary N) is 1. The van der Waals surface area contributed by atoms with Crippen molar-refractivity contribution >= 4 is 11.8 Å². The number of hydrogen-bond donors (Lipinski definition) is 8.